The molecular weight excluding hydrogens is 497 g/mol. The van der Waals surface area contributed by atoms with E-state index in [4.69, 9.17) is 10.5 Å². The van der Waals surface area contributed by atoms with E-state index in [0.29, 0.717) is 35.7 Å². The zero-order valence-electron chi connectivity index (χ0n) is 21.2. The van der Waals surface area contributed by atoms with Crippen LogP contribution in [0.4, 0.5) is 23.8 Å². The number of nitrogens with two attached hydrogens (primary N) is 1. The Kier molecular flexibility index (Phi) is 6.24. The SMILES string of the molecule is CC(C)(C)OC(=O)N1CCC(c2ccc(-n3c(-c4cccnc4N)nc4ccc(C(F)(F)F)nc43)cc2)C1. The van der Waals surface area contributed by atoms with Crippen LogP contribution in [0.1, 0.15) is 44.4 Å². The first kappa shape index (κ1) is 25.5. The number of amides is 1. The van der Waals surface area contributed by atoms with Crippen LogP contribution in [0.25, 0.3) is 28.2 Å². The van der Waals surface area contributed by atoms with Gasteiger partial charge in [-0.15, -0.1) is 0 Å². The summed E-state index contributed by atoms with van der Waals surface area (Å²) in [5.41, 5.74) is 6.93. The first-order valence-corrected chi connectivity index (χ1v) is 12.2. The van der Waals surface area contributed by atoms with Crippen LogP contribution in [-0.2, 0) is 10.9 Å². The summed E-state index contributed by atoms with van der Waals surface area (Å²) >= 11 is 0. The minimum atomic E-state index is -4.61. The minimum absolute atomic E-state index is 0.0581. The molecule has 4 aromatic rings. The highest BCUT2D eigenvalue weighted by Crippen LogP contribution is 2.35. The average Bonchev–Trinajstić information content (AvgIpc) is 3.48. The van der Waals surface area contributed by atoms with Gasteiger partial charge in [0, 0.05) is 30.9 Å². The third-order valence-corrected chi connectivity index (χ3v) is 6.34. The van der Waals surface area contributed by atoms with Gasteiger partial charge in [-0.25, -0.2) is 19.7 Å². The standard InChI is InChI=1S/C27H27F3N6O2/c1-26(2,3)38-25(37)35-14-12-17(15-35)16-6-8-18(9-7-16)36-23(19-5-4-13-32-22(19)31)33-20-10-11-21(27(28,29)30)34-24(20)36/h4-11,13,17H,12,14-15H2,1-3H3,(H2,31,32). The number of ether oxygens (including phenoxy) is 1. The van der Waals surface area contributed by atoms with Crippen LogP contribution in [0, 0.1) is 0 Å². The van der Waals surface area contributed by atoms with E-state index in [2.05, 4.69) is 15.0 Å². The second kappa shape index (κ2) is 9.30. The van der Waals surface area contributed by atoms with Gasteiger partial charge in [0.05, 0.1) is 5.56 Å². The summed E-state index contributed by atoms with van der Waals surface area (Å²) in [6.07, 6.45) is -2.64. The number of aromatic nitrogens is 4. The quantitative estimate of drug-likeness (QED) is 0.363. The van der Waals surface area contributed by atoms with Gasteiger partial charge in [-0.3, -0.25) is 4.57 Å². The normalized spacial score (nSPS) is 16.3. The zero-order chi connectivity index (χ0) is 27.2. The van der Waals surface area contributed by atoms with Crippen LogP contribution >= 0.6 is 0 Å². The molecule has 4 heterocycles. The number of rotatable bonds is 3. The van der Waals surface area contributed by atoms with Crippen molar-refractivity contribution in [1.82, 2.24) is 24.4 Å². The number of halogens is 3. The Morgan fingerprint density at radius 3 is 2.45 bits per heavy atom. The second-order valence-corrected chi connectivity index (χ2v) is 10.2. The van der Waals surface area contributed by atoms with Crippen molar-refractivity contribution in [2.45, 2.75) is 44.9 Å². The highest BCUT2D eigenvalue weighted by Gasteiger charge is 2.34. The molecule has 1 aromatic carbocycles. The molecule has 0 bridgehead atoms. The Hall–Kier alpha value is -4.15. The van der Waals surface area contributed by atoms with Crippen LogP contribution in [-0.4, -0.2) is 49.2 Å². The summed E-state index contributed by atoms with van der Waals surface area (Å²) in [7, 11) is 0. The number of pyridine rings is 2. The van der Waals surface area contributed by atoms with Gasteiger partial charge in [0.1, 0.15) is 22.6 Å². The molecule has 1 saturated heterocycles. The maximum absolute atomic E-state index is 13.5. The van der Waals surface area contributed by atoms with Crippen LogP contribution in [0.15, 0.2) is 54.7 Å². The van der Waals surface area contributed by atoms with E-state index in [1.54, 1.807) is 21.6 Å². The van der Waals surface area contributed by atoms with E-state index in [0.717, 1.165) is 18.1 Å². The lowest BCUT2D eigenvalue weighted by atomic mass is 9.98. The lowest BCUT2D eigenvalue weighted by molar-refractivity contribution is -0.141. The number of carbonyl (C=O) groups excluding carboxylic acids is 1. The Morgan fingerprint density at radius 2 is 1.79 bits per heavy atom. The van der Waals surface area contributed by atoms with Crippen molar-refractivity contribution in [3.05, 3.63) is 66.0 Å². The number of anilines is 1. The lowest BCUT2D eigenvalue weighted by Crippen LogP contribution is -2.35. The van der Waals surface area contributed by atoms with E-state index >= 15 is 0 Å². The number of fused-ring (bicyclic) bond motifs is 1. The average molecular weight is 525 g/mol. The number of nitrogen functional groups attached to an aromatic ring is 1. The summed E-state index contributed by atoms with van der Waals surface area (Å²) in [5, 5.41) is 0. The third-order valence-electron chi connectivity index (χ3n) is 6.34. The number of benzene rings is 1. The molecule has 3 aromatic heterocycles. The van der Waals surface area contributed by atoms with Crippen molar-refractivity contribution in [2.24, 2.45) is 0 Å². The van der Waals surface area contributed by atoms with Gasteiger partial charge in [0.25, 0.3) is 0 Å². The minimum Gasteiger partial charge on any atom is -0.444 e. The molecule has 8 nitrogen and oxygen atoms in total. The van der Waals surface area contributed by atoms with Crippen molar-refractivity contribution in [3.63, 3.8) is 0 Å². The van der Waals surface area contributed by atoms with Crippen LogP contribution in [0.2, 0.25) is 0 Å². The van der Waals surface area contributed by atoms with Crippen molar-refractivity contribution in [1.29, 1.82) is 0 Å². The first-order valence-electron chi connectivity index (χ1n) is 12.2. The molecule has 0 spiro atoms. The van der Waals surface area contributed by atoms with Gasteiger partial charge in [-0.2, -0.15) is 13.2 Å². The van der Waals surface area contributed by atoms with Crippen molar-refractivity contribution in [3.8, 4) is 17.1 Å². The third kappa shape index (κ3) is 5.00. The Labute approximate surface area is 217 Å². The molecule has 1 amide bonds. The number of likely N-dealkylation sites (tertiary alicyclic amines) is 1. The molecule has 38 heavy (non-hydrogen) atoms. The van der Waals surface area contributed by atoms with Gasteiger partial charge in [-0.05, 0) is 69.2 Å². The van der Waals surface area contributed by atoms with E-state index < -0.39 is 17.5 Å². The topological polar surface area (TPSA) is 99.2 Å². The van der Waals surface area contributed by atoms with E-state index in [-0.39, 0.29) is 23.5 Å². The number of hydrogen-bond acceptors (Lipinski definition) is 6. The number of imidazole rings is 1. The zero-order valence-corrected chi connectivity index (χ0v) is 21.2. The molecule has 1 aliphatic rings. The molecule has 5 rings (SSSR count). The monoisotopic (exact) mass is 524 g/mol. The fourth-order valence-electron chi connectivity index (χ4n) is 4.57. The van der Waals surface area contributed by atoms with Crippen molar-refractivity contribution < 1.29 is 22.7 Å². The summed E-state index contributed by atoms with van der Waals surface area (Å²) in [4.78, 5) is 26.7. The maximum Gasteiger partial charge on any atom is 0.433 e. The van der Waals surface area contributed by atoms with Gasteiger partial charge < -0.3 is 15.4 Å². The van der Waals surface area contributed by atoms with Crippen molar-refractivity contribution >= 4 is 23.1 Å². The molecular formula is C27H27F3N6O2. The van der Waals surface area contributed by atoms with Crippen molar-refractivity contribution in [2.75, 3.05) is 18.8 Å². The number of nitrogens with zero attached hydrogens (tertiary/aromatic N) is 5. The molecule has 0 aliphatic carbocycles. The largest absolute Gasteiger partial charge is 0.444 e. The fourth-order valence-corrected chi connectivity index (χ4v) is 4.57. The number of carbonyl (C=O) groups is 1. The van der Waals surface area contributed by atoms with Gasteiger partial charge in [0.2, 0.25) is 0 Å². The van der Waals surface area contributed by atoms with Gasteiger partial charge in [0.15, 0.2) is 11.5 Å². The van der Waals surface area contributed by atoms with Crippen LogP contribution in [0.5, 0.6) is 0 Å². The molecule has 1 fully saturated rings. The fraction of sp³-hybridized carbons (Fsp3) is 0.333. The highest BCUT2D eigenvalue weighted by atomic mass is 19.4. The second-order valence-electron chi connectivity index (χ2n) is 10.2. The molecule has 1 aliphatic heterocycles. The molecule has 198 valence electrons. The Morgan fingerprint density at radius 1 is 1.05 bits per heavy atom. The lowest BCUT2D eigenvalue weighted by Gasteiger charge is -2.24. The Balaban J connectivity index is 1.51. The summed E-state index contributed by atoms with van der Waals surface area (Å²) < 4.78 is 47.5. The number of alkyl halides is 3. The molecule has 1 unspecified atom stereocenters. The maximum atomic E-state index is 13.5. The Bertz CT molecular complexity index is 1490. The summed E-state index contributed by atoms with van der Waals surface area (Å²) in [6, 6.07) is 13.1. The number of hydrogen-bond donors (Lipinski definition) is 1. The highest BCUT2D eigenvalue weighted by molar-refractivity contribution is 5.83. The van der Waals surface area contributed by atoms with Gasteiger partial charge in [-0.1, -0.05) is 12.1 Å². The molecule has 0 saturated carbocycles. The molecule has 1 atom stereocenters. The first-order chi connectivity index (χ1) is 17.9. The summed E-state index contributed by atoms with van der Waals surface area (Å²) in [6.45, 7) is 6.60. The van der Waals surface area contributed by atoms with Gasteiger partial charge >= 0.3 is 12.3 Å². The smallest absolute Gasteiger partial charge is 0.433 e. The molecule has 0 radical (unpaired) electrons. The molecule has 2 N–H and O–H groups in total. The van der Waals surface area contributed by atoms with Crippen LogP contribution < -0.4 is 5.73 Å². The predicted molar refractivity (Wildman–Crippen MR) is 137 cm³/mol. The predicted octanol–water partition coefficient (Wildman–Crippen LogP) is 5.81. The molecule has 11 heteroatoms. The summed E-state index contributed by atoms with van der Waals surface area (Å²) in [5.74, 6) is 0.645. The van der Waals surface area contributed by atoms with Crippen LogP contribution in [0.3, 0.4) is 0 Å². The van der Waals surface area contributed by atoms with E-state index in [1.807, 2.05) is 45.0 Å². The van der Waals surface area contributed by atoms with E-state index in [1.165, 1.54) is 12.3 Å². The van der Waals surface area contributed by atoms with E-state index in [9.17, 15) is 18.0 Å².